The number of fused-ring (bicyclic) bond motifs is 1. The summed E-state index contributed by atoms with van der Waals surface area (Å²) in [5, 5.41) is 11.1. The zero-order valence-corrected chi connectivity index (χ0v) is 14.5. The van der Waals surface area contributed by atoms with Crippen LogP contribution in [0.4, 0.5) is 10.5 Å². The minimum absolute atomic E-state index is 0.144. The summed E-state index contributed by atoms with van der Waals surface area (Å²) >= 11 is 0. The quantitative estimate of drug-likeness (QED) is 0.919. The number of nitrogens with one attached hydrogen (secondary N) is 1. The number of urea groups is 1. The molecule has 3 rings (SSSR count). The van der Waals surface area contributed by atoms with Crippen LogP contribution < -0.4 is 10.1 Å². The van der Waals surface area contributed by atoms with E-state index in [1.807, 2.05) is 56.5 Å². The van der Waals surface area contributed by atoms with Crippen molar-refractivity contribution in [3.63, 3.8) is 0 Å². The van der Waals surface area contributed by atoms with E-state index in [1.165, 1.54) is 0 Å². The second kappa shape index (κ2) is 6.14. The van der Waals surface area contributed by atoms with E-state index in [0.29, 0.717) is 18.8 Å². The van der Waals surface area contributed by atoms with Crippen molar-refractivity contribution in [1.29, 1.82) is 0 Å². The van der Waals surface area contributed by atoms with Crippen LogP contribution in [0.1, 0.15) is 32.4 Å². The van der Waals surface area contributed by atoms with Crippen LogP contribution in [0, 0.1) is 6.92 Å². The molecule has 2 heterocycles. The van der Waals surface area contributed by atoms with Crippen LogP contribution in [-0.4, -0.2) is 37.8 Å². The average Bonchev–Trinajstić information content (AvgIpc) is 2.87. The van der Waals surface area contributed by atoms with Crippen molar-refractivity contribution < 1.29 is 9.53 Å². The number of carbonyl (C=O) groups is 1. The summed E-state index contributed by atoms with van der Waals surface area (Å²) < 4.78 is 7.88. The van der Waals surface area contributed by atoms with Crippen LogP contribution in [0.3, 0.4) is 0 Å². The van der Waals surface area contributed by atoms with Gasteiger partial charge in [-0.25, -0.2) is 4.79 Å². The highest BCUT2D eigenvalue weighted by molar-refractivity contribution is 5.89. The van der Waals surface area contributed by atoms with Gasteiger partial charge in [0.1, 0.15) is 17.2 Å². The Morgan fingerprint density at radius 3 is 2.79 bits per heavy atom. The minimum atomic E-state index is -0.280. The number of hydrogen-bond acceptors (Lipinski definition) is 4. The second-order valence-electron chi connectivity index (χ2n) is 6.91. The lowest BCUT2D eigenvalue weighted by Crippen LogP contribution is -2.41. The van der Waals surface area contributed by atoms with Crippen LogP contribution in [0.25, 0.3) is 0 Å². The Kier molecular flexibility index (Phi) is 4.17. The standard InChI is InChI=1S/C17H23N5O2/c1-12-19-20-15-11-21(8-9-22(12)15)16(23)18-13-6-5-7-14(10-13)24-17(2,3)4/h5-7,10H,8-9,11H2,1-4H3,(H,18,23). The fraction of sp³-hybridized carbons (Fsp3) is 0.471. The van der Waals surface area contributed by atoms with Crippen molar-refractivity contribution in [2.75, 3.05) is 11.9 Å². The van der Waals surface area contributed by atoms with Gasteiger partial charge >= 0.3 is 6.03 Å². The number of hydrogen-bond donors (Lipinski definition) is 1. The van der Waals surface area contributed by atoms with Gasteiger partial charge in [0.2, 0.25) is 0 Å². The van der Waals surface area contributed by atoms with Crippen LogP contribution in [0.5, 0.6) is 5.75 Å². The molecule has 7 heteroatoms. The number of aromatic nitrogens is 3. The van der Waals surface area contributed by atoms with Crippen LogP contribution in [0.2, 0.25) is 0 Å². The highest BCUT2D eigenvalue weighted by atomic mass is 16.5. The van der Waals surface area contributed by atoms with Crippen LogP contribution in [0.15, 0.2) is 24.3 Å². The molecule has 1 N–H and O–H groups in total. The number of amides is 2. The number of nitrogens with zero attached hydrogens (tertiary/aromatic N) is 4. The van der Waals surface area contributed by atoms with Crippen molar-refractivity contribution in [2.45, 2.75) is 46.4 Å². The topological polar surface area (TPSA) is 72.3 Å². The van der Waals surface area contributed by atoms with E-state index < -0.39 is 0 Å². The molecule has 24 heavy (non-hydrogen) atoms. The number of rotatable bonds is 2. The lowest BCUT2D eigenvalue weighted by molar-refractivity contribution is 0.131. The molecule has 2 aromatic rings. The fourth-order valence-electron chi connectivity index (χ4n) is 2.67. The molecule has 128 valence electrons. The predicted molar refractivity (Wildman–Crippen MR) is 91.0 cm³/mol. The summed E-state index contributed by atoms with van der Waals surface area (Å²) in [6, 6.07) is 7.29. The van der Waals surface area contributed by atoms with Gasteiger partial charge in [0.05, 0.1) is 6.54 Å². The van der Waals surface area contributed by atoms with E-state index in [4.69, 9.17) is 4.74 Å². The Hall–Kier alpha value is -2.57. The maximum absolute atomic E-state index is 12.5. The summed E-state index contributed by atoms with van der Waals surface area (Å²) in [6.07, 6.45) is 0. The number of anilines is 1. The number of carbonyl (C=O) groups excluding carboxylic acids is 1. The third-order valence-electron chi connectivity index (χ3n) is 3.73. The van der Waals surface area contributed by atoms with Gasteiger partial charge in [-0.2, -0.15) is 0 Å². The van der Waals surface area contributed by atoms with Crippen molar-refractivity contribution >= 4 is 11.7 Å². The van der Waals surface area contributed by atoms with Gasteiger partial charge in [-0.3, -0.25) is 0 Å². The van der Waals surface area contributed by atoms with E-state index in [2.05, 4.69) is 15.5 Å². The molecule has 0 fully saturated rings. The van der Waals surface area contributed by atoms with E-state index in [-0.39, 0.29) is 11.6 Å². The molecule has 1 aromatic heterocycles. The maximum Gasteiger partial charge on any atom is 0.322 e. The Morgan fingerprint density at radius 1 is 1.25 bits per heavy atom. The first-order valence-corrected chi connectivity index (χ1v) is 8.05. The summed E-state index contributed by atoms with van der Waals surface area (Å²) in [4.78, 5) is 14.2. The normalized spacial score (nSPS) is 14.2. The summed E-state index contributed by atoms with van der Waals surface area (Å²) in [5.74, 6) is 2.44. The Labute approximate surface area is 141 Å². The molecule has 1 aromatic carbocycles. The van der Waals surface area contributed by atoms with Gasteiger partial charge in [0.15, 0.2) is 5.82 Å². The largest absolute Gasteiger partial charge is 0.488 e. The van der Waals surface area contributed by atoms with E-state index in [1.54, 1.807) is 4.90 Å². The molecule has 0 aliphatic carbocycles. The van der Waals surface area contributed by atoms with E-state index in [0.717, 1.165) is 23.9 Å². The average molecular weight is 329 g/mol. The summed E-state index contributed by atoms with van der Waals surface area (Å²) in [6.45, 7) is 9.71. The molecule has 0 atom stereocenters. The minimum Gasteiger partial charge on any atom is -0.488 e. The molecule has 7 nitrogen and oxygen atoms in total. The van der Waals surface area contributed by atoms with Gasteiger partial charge in [-0.1, -0.05) is 6.07 Å². The molecule has 2 amide bonds. The van der Waals surface area contributed by atoms with Crippen molar-refractivity contribution in [3.8, 4) is 5.75 Å². The zero-order valence-electron chi connectivity index (χ0n) is 14.5. The molecule has 1 aliphatic heterocycles. The molecular weight excluding hydrogens is 306 g/mol. The van der Waals surface area contributed by atoms with Gasteiger partial charge in [-0.05, 0) is 39.8 Å². The molecule has 0 spiro atoms. The molecular formula is C17H23N5O2. The number of benzene rings is 1. The highest BCUT2D eigenvalue weighted by Crippen LogP contribution is 2.22. The molecule has 0 radical (unpaired) electrons. The third kappa shape index (κ3) is 3.67. The molecule has 0 bridgehead atoms. The van der Waals surface area contributed by atoms with Crippen LogP contribution >= 0.6 is 0 Å². The fourth-order valence-corrected chi connectivity index (χ4v) is 2.67. The number of ether oxygens (including phenoxy) is 1. The number of aryl methyl sites for hydroxylation is 1. The van der Waals surface area contributed by atoms with Crippen molar-refractivity contribution in [2.24, 2.45) is 0 Å². The van der Waals surface area contributed by atoms with Crippen LogP contribution in [-0.2, 0) is 13.1 Å². The van der Waals surface area contributed by atoms with Crippen molar-refractivity contribution in [1.82, 2.24) is 19.7 Å². The second-order valence-corrected chi connectivity index (χ2v) is 6.91. The Bertz CT molecular complexity index is 748. The molecule has 1 aliphatic rings. The van der Waals surface area contributed by atoms with E-state index in [9.17, 15) is 4.79 Å². The van der Waals surface area contributed by atoms with Gasteiger partial charge in [0, 0.05) is 24.8 Å². The first-order chi connectivity index (χ1) is 11.3. The molecule has 0 saturated carbocycles. The smallest absolute Gasteiger partial charge is 0.322 e. The van der Waals surface area contributed by atoms with Crippen molar-refractivity contribution in [3.05, 3.63) is 35.9 Å². The third-order valence-corrected chi connectivity index (χ3v) is 3.73. The first kappa shape index (κ1) is 16.3. The summed E-state index contributed by atoms with van der Waals surface area (Å²) in [5.41, 5.74) is 0.433. The maximum atomic E-state index is 12.5. The zero-order chi connectivity index (χ0) is 17.3. The monoisotopic (exact) mass is 329 g/mol. The lowest BCUT2D eigenvalue weighted by Gasteiger charge is -2.28. The van der Waals surface area contributed by atoms with E-state index >= 15 is 0 Å². The lowest BCUT2D eigenvalue weighted by atomic mass is 10.2. The SMILES string of the molecule is Cc1nnc2n1CCN(C(=O)Nc1cccc(OC(C)(C)C)c1)C2. The Balaban J connectivity index is 1.66. The highest BCUT2D eigenvalue weighted by Gasteiger charge is 2.23. The van der Waals surface area contributed by atoms with Gasteiger partial charge in [-0.15, -0.1) is 10.2 Å². The predicted octanol–water partition coefficient (Wildman–Crippen LogP) is 2.81. The van der Waals surface area contributed by atoms with Gasteiger partial charge < -0.3 is 19.5 Å². The molecule has 0 unspecified atom stereocenters. The first-order valence-electron chi connectivity index (χ1n) is 8.05. The molecule has 0 saturated heterocycles. The summed E-state index contributed by atoms with van der Waals surface area (Å²) in [7, 11) is 0. The van der Waals surface area contributed by atoms with Gasteiger partial charge in [0.25, 0.3) is 0 Å². The Morgan fingerprint density at radius 2 is 2.04 bits per heavy atom.